The normalized spacial score (nSPS) is 23.1. The molecule has 1 unspecified atom stereocenters. The lowest BCUT2D eigenvalue weighted by Crippen LogP contribution is -2.49. The summed E-state index contributed by atoms with van der Waals surface area (Å²) in [5, 5.41) is 0.466. The Labute approximate surface area is 102 Å². The molecule has 0 saturated carbocycles. The fourth-order valence-corrected chi connectivity index (χ4v) is 1.92. The standard InChI is InChI=1S/C12H10ClF3O/c1-2-11(12(14,15)16)6-5-8-7-9(13)3-4-10(8)17-11/h3-7H,2H2,1H3. The third-order valence-corrected chi connectivity index (χ3v) is 3.04. The van der Waals surface area contributed by atoms with Gasteiger partial charge in [0.05, 0.1) is 0 Å². The zero-order valence-corrected chi connectivity index (χ0v) is 9.77. The fourth-order valence-electron chi connectivity index (χ4n) is 1.74. The first-order valence-corrected chi connectivity index (χ1v) is 5.50. The van der Waals surface area contributed by atoms with Crippen LogP contribution in [0.15, 0.2) is 24.3 Å². The van der Waals surface area contributed by atoms with E-state index in [-0.39, 0.29) is 12.2 Å². The molecule has 1 heterocycles. The average molecular weight is 263 g/mol. The molecule has 1 atom stereocenters. The number of alkyl halides is 3. The van der Waals surface area contributed by atoms with Crippen LogP contribution in [-0.2, 0) is 0 Å². The molecule has 1 aromatic carbocycles. The Hall–Kier alpha value is -1.16. The van der Waals surface area contributed by atoms with Crippen LogP contribution in [0.2, 0.25) is 5.02 Å². The minimum atomic E-state index is -4.43. The maximum absolute atomic E-state index is 13.0. The minimum Gasteiger partial charge on any atom is -0.473 e. The molecule has 1 aliphatic rings. The maximum Gasteiger partial charge on any atom is 0.432 e. The molecule has 1 aromatic rings. The zero-order chi connectivity index (χ0) is 12.7. The third-order valence-electron chi connectivity index (χ3n) is 2.80. The van der Waals surface area contributed by atoms with Crippen LogP contribution in [-0.4, -0.2) is 11.8 Å². The highest BCUT2D eigenvalue weighted by Gasteiger charge is 2.55. The molecular weight excluding hydrogens is 253 g/mol. The highest BCUT2D eigenvalue weighted by atomic mass is 35.5. The van der Waals surface area contributed by atoms with Crippen molar-refractivity contribution in [2.45, 2.75) is 25.1 Å². The Kier molecular flexibility index (Phi) is 2.86. The fraction of sp³-hybridized carbons (Fsp3) is 0.333. The zero-order valence-electron chi connectivity index (χ0n) is 9.01. The number of halogens is 4. The second-order valence-corrected chi connectivity index (χ2v) is 4.29. The largest absolute Gasteiger partial charge is 0.473 e. The van der Waals surface area contributed by atoms with Gasteiger partial charge in [-0.25, -0.2) is 0 Å². The maximum atomic E-state index is 13.0. The first kappa shape index (κ1) is 12.3. The predicted octanol–water partition coefficient (Wildman–Crippen LogP) is 4.46. The summed E-state index contributed by atoms with van der Waals surface area (Å²) in [5.41, 5.74) is -1.67. The van der Waals surface area contributed by atoms with Gasteiger partial charge in [0.1, 0.15) is 5.75 Å². The SMILES string of the molecule is CCC1(C(F)(F)F)C=Cc2cc(Cl)ccc2O1. The quantitative estimate of drug-likeness (QED) is 0.726. The molecular formula is C12H10ClF3O. The van der Waals surface area contributed by atoms with E-state index in [0.29, 0.717) is 10.6 Å². The Morgan fingerprint density at radius 1 is 1.35 bits per heavy atom. The topological polar surface area (TPSA) is 9.23 Å². The van der Waals surface area contributed by atoms with Crippen molar-refractivity contribution in [1.82, 2.24) is 0 Å². The summed E-state index contributed by atoms with van der Waals surface area (Å²) in [6.45, 7) is 1.44. The number of hydrogen-bond donors (Lipinski definition) is 0. The van der Waals surface area contributed by atoms with Crippen molar-refractivity contribution in [3.8, 4) is 5.75 Å². The van der Waals surface area contributed by atoms with Crippen LogP contribution in [0.25, 0.3) is 6.08 Å². The van der Waals surface area contributed by atoms with E-state index in [9.17, 15) is 13.2 Å². The van der Waals surface area contributed by atoms with E-state index >= 15 is 0 Å². The first-order valence-electron chi connectivity index (χ1n) is 5.12. The van der Waals surface area contributed by atoms with E-state index in [0.717, 1.165) is 6.08 Å². The van der Waals surface area contributed by atoms with Gasteiger partial charge in [0.2, 0.25) is 5.60 Å². The van der Waals surface area contributed by atoms with Crippen LogP contribution in [0.3, 0.4) is 0 Å². The van der Waals surface area contributed by atoms with Crippen LogP contribution in [0.5, 0.6) is 5.75 Å². The van der Waals surface area contributed by atoms with Crippen LogP contribution < -0.4 is 4.74 Å². The predicted molar refractivity (Wildman–Crippen MR) is 60.2 cm³/mol. The molecule has 0 fully saturated rings. The van der Waals surface area contributed by atoms with E-state index in [4.69, 9.17) is 16.3 Å². The summed E-state index contributed by atoms with van der Waals surface area (Å²) in [4.78, 5) is 0. The molecule has 0 radical (unpaired) electrons. The molecule has 2 rings (SSSR count). The van der Waals surface area contributed by atoms with Gasteiger partial charge in [0, 0.05) is 10.6 Å². The van der Waals surface area contributed by atoms with Crippen LogP contribution in [0.4, 0.5) is 13.2 Å². The summed E-state index contributed by atoms with van der Waals surface area (Å²) in [6.07, 6.45) is -2.15. The van der Waals surface area contributed by atoms with Crippen LogP contribution in [0.1, 0.15) is 18.9 Å². The van der Waals surface area contributed by atoms with Gasteiger partial charge in [-0.3, -0.25) is 0 Å². The molecule has 17 heavy (non-hydrogen) atoms. The number of benzene rings is 1. The smallest absolute Gasteiger partial charge is 0.432 e. The molecule has 0 aromatic heterocycles. The van der Waals surface area contributed by atoms with Gasteiger partial charge in [-0.1, -0.05) is 24.6 Å². The molecule has 0 N–H and O–H groups in total. The van der Waals surface area contributed by atoms with Gasteiger partial charge in [0.15, 0.2) is 0 Å². The Balaban J connectivity index is 2.45. The lowest BCUT2D eigenvalue weighted by Gasteiger charge is -2.35. The van der Waals surface area contributed by atoms with E-state index in [2.05, 4.69) is 0 Å². The molecule has 92 valence electrons. The summed E-state index contributed by atoms with van der Waals surface area (Å²) >= 11 is 5.76. The van der Waals surface area contributed by atoms with Crippen molar-refractivity contribution >= 4 is 17.7 Å². The lowest BCUT2D eigenvalue weighted by atomic mass is 9.95. The monoisotopic (exact) mass is 262 g/mol. The average Bonchev–Trinajstić information content (AvgIpc) is 2.27. The van der Waals surface area contributed by atoms with Crippen molar-refractivity contribution in [3.63, 3.8) is 0 Å². The van der Waals surface area contributed by atoms with Crippen molar-refractivity contribution in [2.24, 2.45) is 0 Å². The molecule has 0 spiro atoms. The summed E-state index contributed by atoms with van der Waals surface area (Å²) in [5.74, 6) is 0.205. The van der Waals surface area contributed by atoms with Crippen LogP contribution in [0, 0.1) is 0 Å². The molecule has 0 saturated heterocycles. The molecule has 1 aliphatic heterocycles. The highest BCUT2D eigenvalue weighted by molar-refractivity contribution is 6.30. The van der Waals surface area contributed by atoms with E-state index in [1.165, 1.54) is 25.1 Å². The van der Waals surface area contributed by atoms with Gasteiger partial charge in [-0.15, -0.1) is 0 Å². The van der Waals surface area contributed by atoms with E-state index in [1.54, 1.807) is 6.07 Å². The number of ether oxygens (including phenoxy) is 1. The van der Waals surface area contributed by atoms with Gasteiger partial charge in [-0.2, -0.15) is 13.2 Å². The second-order valence-electron chi connectivity index (χ2n) is 3.86. The summed E-state index contributed by atoms with van der Waals surface area (Å²) in [7, 11) is 0. The molecule has 0 bridgehead atoms. The van der Waals surface area contributed by atoms with Gasteiger partial charge < -0.3 is 4.74 Å². The van der Waals surface area contributed by atoms with Crippen molar-refractivity contribution in [1.29, 1.82) is 0 Å². The Morgan fingerprint density at radius 2 is 2.06 bits per heavy atom. The summed E-state index contributed by atoms with van der Waals surface area (Å²) in [6, 6.07) is 4.54. The summed E-state index contributed by atoms with van der Waals surface area (Å²) < 4.78 is 44.0. The van der Waals surface area contributed by atoms with Gasteiger partial charge in [-0.05, 0) is 30.7 Å². The van der Waals surface area contributed by atoms with Crippen molar-refractivity contribution in [3.05, 3.63) is 34.9 Å². The highest BCUT2D eigenvalue weighted by Crippen LogP contribution is 2.43. The molecule has 1 nitrogen and oxygen atoms in total. The third kappa shape index (κ3) is 2.02. The molecule has 0 amide bonds. The Morgan fingerprint density at radius 3 is 2.65 bits per heavy atom. The van der Waals surface area contributed by atoms with E-state index < -0.39 is 11.8 Å². The molecule has 0 aliphatic carbocycles. The lowest BCUT2D eigenvalue weighted by molar-refractivity contribution is -0.230. The number of rotatable bonds is 1. The van der Waals surface area contributed by atoms with Gasteiger partial charge in [0.25, 0.3) is 0 Å². The number of fused-ring (bicyclic) bond motifs is 1. The van der Waals surface area contributed by atoms with Crippen molar-refractivity contribution in [2.75, 3.05) is 0 Å². The Bertz CT molecular complexity index is 467. The van der Waals surface area contributed by atoms with Crippen LogP contribution >= 0.6 is 11.6 Å². The van der Waals surface area contributed by atoms with Gasteiger partial charge >= 0.3 is 6.18 Å². The molecule has 5 heteroatoms. The van der Waals surface area contributed by atoms with Crippen molar-refractivity contribution < 1.29 is 17.9 Å². The number of hydrogen-bond acceptors (Lipinski definition) is 1. The first-order chi connectivity index (χ1) is 7.88. The minimum absolute atomic E-state index is 0.172. The van der Waals surface area contributed by atoms with E-state index in [1.807, 2.05) is 0 Å². The second kappa shape index (κ2) is 3.95.